The van der Waals surface area contributed by atoms with Gasteiger partial charge in [-0.05, 0) is 44.4 Å². The maximum Gasteiger partial charge on any atom is 0.166 e. The number of para-hydroxylation sites is 1. The van der Waals surface area contributed by atoms with Crippen LogP contribution in [-0.4, -0.2) is 25.4 Å². The fraction of sp³-hybridized carbons (Fsp3) is 0.429. The van der Waals surface area contributed by atoms with Gasteiger partial charge >= 0.3 is 0 Å². The van der Waals surface area contributed by atoms with Crippen molar-refractivity contribution >= 4 is 0 Å². The molecule has 2 aromatic rings. The van der Waals surface area contributed by atoms with E-state index >= 15 is 0 Å². The number of benzene rings is 2. The van der Waals surface area contributed by atoms with E-state index in [0.717, 1.165) is 55.0 Å². The summed E-state index contributed by atoms with van der Waals surface area (Å²) in [6.45, 7) is 4.53. The van der Waals surface area contributed by atoms with Gasteiger partial charge in [-0.2, -0.15) is 0 Å². The third kappa shape index (κ3) is 6.40. The average molecular weight is 343 g/mol. The maximum absolute atomic E-state index is 8.81. The Kier molecular flexibility index (Phi) is 8.29. The Morgan fingerprint density at radius 2 is 1.88 bits per heavy atom. The normalized spacial score (nSPS) is 10.7. The number of unbranched alkanes of at least 4 members (excludes halogenated alkanes) is 2. The van der Waals surface area contributed by atoms with E-state index in [0.29, 0.717) is 6.61 Å². The lowest BCUT2D eigenvalue weighted by Crippen LogP contribution is -2.16. The van der Waals surface area contributed by atoms with E-state index in [-0.39, 0.29) is 6.61 Å². The highest BCUT2D eigenvalue weighted by Gasteiger charge is 2.10. The van der Waals surface area contributed by atoms with Crippen molar-refractivity contribution in [3.05, 3.63) is 59.2 Å². The van der Waals surface area contributed by atoms with Crippen LogP contribution in [0.2, 0.25) is 0 Å². The molecular weight excluding hydrogens is 314 g/mol. The maximum atomic E-state index is 8.81. The van der Waals surface area contributed by atoms with Gasteiger partial charge in [0.1, 0.15) is 6.61 Å². The molecule has 4 nitrogen and oxygen atoms in total. The van der Waals surface area contributed by atoms with Gasteiger partial charge in [0, 0.05) is 18.7 Å². The molecular formula is C21H29NO3. The van der Waals surface area contributed by atoms with Crippen LogP contribution in [0.15, 0.2) is 42.5 Å². The Morgan fingerprint density at radius 3 is 2.64 bits per heavy atom. The molecule has 2 N–H and O–H groups in total. The van der Waals surface area contributed by atoms with E-state index in [9.17, 15) is 0 Å². The fourth-order valence-corrected chi connectivity index (χ4v) is 2.74. The molecule has 2 aromatic carbocycles. The number of rotatable bonds is 11. The van der Waals surface area contributed by atoms with Crippen LogP contribution in [0.3, 0.4) is 0 Å². The fourth-order valence-electron chi connectivity index (χ4n) is 2.74. The Morgan fingerprint density at radius 1 is 1.04 bits per heavy atom. The lowest BCUT2D eigenvalue weighted by atomic mass is 10.1. The summed E-state index contributed by atoms with van der Waals surface area (Å²) in [4.78, 5) is 0. The molecule has 0 fully saturated rings. The summed E-state index contributed by atoms with van der Waals surface area (Å²) in [6, 6.07) is 14.3. The zero-order chi connectivity index (χ0) is 17.9. The molecule has 0 radical (unpaired) electrons. The number of ether oxygens (including phenoxy) is 2. The van der Waals surface area contributed by atoms with Crippen LogP contribution >= 0.6 is 0 Å². The van der Waals surface area contributed by atoms with Gasteiger partial charge in [-0.25, -0.2) is 0 Å². The van der Waals surface area contributed by atoms with Crippen molar-refractivity contribution in [2.75, 3.05) is 20.3 Å². The Balaban J connectivity index is 1.97. The molecule has 0 bridgehead atoms. The average Bonchev–Trinajstić information content (AvgIpc) is 2.63. The molecule has 4 heteroatoms. The quantitative estimate of drug-likeness (QED) is 0.609. The van der Waals surface area contributed by atoms with Crippen LogP contribution in [0.1, 0.15) is 36.0 Å². The predicted molar refractivity (Wildman–Crippen MR) is 101 cm³/mol. The molecule has 0 unspecified atom stereocenters. The number of aliphatic hydroxyl groups excluding tert-OH is 1. The summed E-state index contributed by atoms with van der Waals surface area (Å²) in [5.41, 5.74) is 3.47. The largest absolute Gasteiger partial charge is 0.493 e. The number of hydrogen-bond donors (Lipinski definition) is 2. The summed E-state index contributed by atoms with van der Waals surface area (Å²) < 4.78 is 11.6. The topological polar surface area (TPSA) is 50.7 Å². The Labute approximate surface area is 150 Å². The van der Waals surface area contributed by atoms with Crippen molar-refractivity contribution in [3.63, 3.8) is 0 Å². The van der Waals surface area contributed by atoms with E-state index in [2.05, 4.69) is 36.5 Å². The summed E-state index contributed by atoms with van der Waals surface area (Å²) in [5, 5.41) is 12.3. The monoisotopic (exact) mass is 343 g/mol. The first-order valence-electron chi connectivity index (χ1n) is 8.90. The molecule has 0 aliphatic carbocycles. The Hall–Kier alpha value is -2.04. The summed E-state index contributed by atoms with van der Waals surface area (Å²) >= 11 is 0. The lowest BCUT2D eigenvalue weighted by molar-refractivity contribution is 0.279. The molecule has 0 amide bonds. The third-order valence-corrected chi connectivity index (χ3v) is 4.07. The first kappa shape index (κ1) is 19.3. The van der Waals surface area contributed by atoms with Crippen LogP contribution in [-0.2, 0) is 13.2 Å². The minimum atomic E-state index is 0.271. The van der Waals surface area contributed by atoms with Gasteiger partial charge < -0.3 is 19.9 Å². The van der Waals surface area contributed by atoms with Crippen LogP contribution in [0, 0.1) is 6.92 Å². The van der Waals surface area contributed by atoms with E-state index in [1.165, 1.54) is 5.56 Å². The van der Waals surface area contributed by atoms with Gasteiger partial charge in [0.2, 0.25) is 0 Å². The zero-order valence-corrected chi connectivity index (χ0v) is 15.3. The molecule has 0 saturated heterocycles. The molecule has 0 aromatic heterocycles. The molecule has 136 valence electrons. The summed E-state index contributed by atoms with van der Waals surface area (Å²) in [5.74, 6) is 1.56. The molecule has 0 saturated carbocycles. The van der Waals surface area contributed by atoms with Crippen molar-refractivity contribution < 1.29 is 14.6 Å². The first-order chi connectivity index (χ1) is 12.2. The van der Waals surface area contributed by atoms with E-state index in [1.54, 1.807) is 7.11 Å². The van der Waals surface area contributed by atoms with Gasteiger partial charge in [-0.15, -0.1) is 0 Å². The first-order valence-corrected chi connectivity index (χ1v) is 8.90. The van der Waals surface area contributed by atoms with E-state index < -0.39 is 0 Å². The highest BCUT2D eigenvalue weighted by Crippen LogP contribution is 2.31. The highest BCUT2D eigenvalue weighted by atomic mass is 16.5. The molecule has 0 spiro atoms. The van der Waals surface area contributed by atoms with Crippen LogP contribution in [0.5, 0.6) is 11.5 Å². The second kappa shape index (κ2) is 10.7. The number of methoxy groups -OCH3 is 1. The van der Waals surface area contributed by atoms with E-state index in [1.807, 2.05) is 18.2 Å². The van der Waals surface area contributed by atoms with Gasteiger partial charge in [0.05, 0.1) is 7.11 Å². The zero-order valence-electron chi connectivity index (χ0n) is 15.3. The number of aryl methyl sites for hydroxylation is 1. The number of aliphatic hydroxyl groups is 1. The standard InChI is InChI=1S/C21H29NO3/c1-17-8-6-9-18(14-17)16-25-21-19(10-7-11-20(21)24-2)15-22-12-4-3-5-13-23/h6-11,14,22-23H,3-5,12-13,15-16H2,1-2H3. The second-order valence-corrected chi connectivity index (χ2v) is 6.19. The molecule has 0 atom stereocenters. The van der Waals surface area contributed by atoms with E-state index in [4.69, 9.17) is 14.6 Å². The van der Waals surface area contributed by atoms with Crippen molar-refractivity contribution in [2.45, 2.75) is 39.3 Å². The minimum absolute atomic E-state index is 0.271. The second-order valence-electron chi connectivity index (χ2n) is 6.19. The lowest BCUT2D eigenvalue weighted by Gasteiger charge is -2.16. The van der Waals surface area contributed by atoms with Crippen molar-refractivity contribution in [1.82, 2.24) is 5.32 Å². The molecule has 0 aliphatic rings. The Bertz CT molecular complexity index is 643. The number of hydrogen-bond acceptors (Lipinski definition) is 4. The smallest absolute Gasteiger partial charge is 0.166 e. The molecule has 25 heavy (non-hydrogen) atoms. The van der Waals surface area contributed by atoms with Gasteiger partial charge in [-0.3, -0.25) is 0 Å². The van der Waals surface area contributed by atoms with Crippen molar-refractivity contribution in [3.8, 4) is 11.5 Å². The van der Waals surface area contributed by atoms with Crippen molar-refractivity contribution in [2.24, 2.45) is 0 Å². The van der Waals surface area contributed by atoms with Gasteiger partial charge in [0.25, 0.3) is 0 Å². The molecule has 0 heterocycles. The summed E-state index contributed by atoms with van der Waals surface area (Å²) in [7, 11) is 1.67. The SMILES string of the molecule is COc1cccc(CNCCCCCO)c1OCc1cccc(C)c1. The van der Waals surface area contributed by atoms with Gasteiger partial charge in [-0.1, -0.05) is 42.0 Å². The van der Waals surface area contributed by atoms with Crippen LogP contribution in [0.25, 0.3) is 0 Å². The minimum Gasteiger partial charge on any atom is -0.493 e. The molecule has 0 aliphatic heterocycles. The summed E-state index contributed by atoms with van der Waals surface area (Å²) in [6.07, 6.45) is 2.97. The highest BCUT2D eigenvalue weighted by molar-refractivity contribution is 5.46. The van der Waals surface area contributed by atoms with Crippen LogP contribution < -0.4 is 14.8 Å². The van der Waals surface area contributed by atoms with Crippen LogP contribution in [0.4, 0.5) is 0 Å². The molecule has 2 rings (SSSR count). The van der Waals surface area contributed by atoms with Crippen molar-refractivity contribution in [1.29, 1.82) is 0 Å². The predicted octanol–water partition coefficient (Wildman–Crippen LogP) is 3.83. The van der Waals surface area contributed by atoms with Gasteiger partial charge in [0.15, 0.2) is 11.5 Å². The number of nitrogens with one attached hydrogen (secondary N) is 1. The third-order valence-electron chi connectivity index (χ3n) is 4.07.